The summed E-state index contributed by atoms with van der Waals surface area (Å²) < 4.78 is 0. The largest absolute Gasteiger partial charge is 0.480 e. The minimum Gasteiger partial charge on any atom is -0.480 e. The van der Waals surface area contributed by atoms with Crippen LogP contribution in [0.4, 0.5) is 0 Å². The summed E-state index contributed by atoms with van der Waals surface area (Å²) in [7, 11) is 0. The van der Waals surface area contributed by atoms with E-state index >= 15 is 0 Å². The highest BCUT2D eigenvalue weighted by Gasteiger charge is 2.40. The van der Waals surface area contributed by atoms with Crippen molar-refractivity contribution in [2.75, 3.05) is 13.2 Å². The van der Waals surface area contributed by atoms with E-state index in [1.54, 1.807) is 13.8 Å². The van der Waals surface area contributed by atoms with Gasteiger partial charge in [0, 0.05) is 24.9 Å². The van der Waals surface area contributed by atoms with Gasteiger partial charge < -0.3 is 52.4 Å². The van der Waals surface area contributed by atoms with E-state index in [-0.39, 0.29) is 31.2 Å². The van der Waals surface area contributed by atoms with Crippen LogP contribution in [0.1, 0.15) is 79.8 Å². The predicted molar refractivity (Wildman–Crippen MR) is 189 cm³/mol. The minimum atomic E-state index is -1.55. The lowest BCUT2D eigenvalue weighted by Gasteiger charge is -2.31. The summed E-state index contributed by atoms with van der Waals surface area (Å²) in [6.45, 7) is 11.6. The summed E-state index contributed by atoms with van der Waals surface area (Å²) in [5.41, 5.74) is 6.16. The zero-order valence-electron chi connectivity index (χ0n) is 31.1. The molecule has 0 aliphatic carbocycles. The Morgan fingerprint density at radius 1 is 0.827 bits per heavy atom. The van der Waals surface area contributed by atoms with Gasteiger partial charge in [0.05, 0.1) is 19.0 Å². The highest BCUT2D eigenvalue weighted by molar-refractivity contribution is 5.97. The van der Waals surface area contributed by atoms with E-state index in [0.717, 1.165) is 0 Å². The molecular weight excluding hydrogens is 678 g/mol. The lowest BCUT2D eigenvalue weighted by Crippen LogP contribution is -2.60. The van der Waals surface area contributed by atoms with Gasteiger partial charge in [-0.05, 0) is 50.4 Å². The number of imidazole rings is 1. The maximum absolute atomic E-state index is 13.7. The molecule has 7 atom stereocenters. The number of nitrogens with two attached hydrogens (primary N) is 1. The van der Waals surface area contributed by atoms with Gasteiger partial charge in [0.25, 0.3) is 0 Å². The molecule has 1 aliphatic rings. The summed E-state index contributed by atoms with van der Waals surface area (Å²) in [5.74, 6) is -5.83. The van der Waals surface area contributed by atoms with Crippen LogP contribution in [0.5, 0.6) is 0 Å². The molecule has 0 unspecified atom stereocenters. The molecule has 0 aromatic carbocycles. The molecule has 0 bridgehead atoms. The second-order valence-electron chi connectivity index (χ2n) is 14.5. The highest BCUT2D eigenvalue weighted by atomic mass is 16.4. The molecule has 2 rings (SSSR count). The highest BCUT2D eigenvalue weighted by Crippen LogP contribution is 2.21. The lowest BCUT2D eigenvalue weighted by atomic mass is 10.0. The molecular formula is C34H57N9O9. The van der Waals surface area contributed by atoms with E-state index in [1.165, 1.54) is 24.3 Å². The molecule has 0 spiro atoms. The van der Waals surface area contributed by atoms with E-state index in [4.69, 9.17) is 5.73 Å². The van der Waals surface area contributed by atoms with Crippen LogP contribution in [0.25, 0.3) is 0 Å². The molecule has 1 aromatic heterocycles. The summed E-state index contributed by atoms with van der Waals surface area (Å²) in [6, 6.07) is -7.93. The standard InChI is InChI=1S/C34H57N9O9/c1-17(2)11-22(39-32(49)26-9-8-10-43(26)33(50)24(12-18(3)4)40-28(45)20(7)35)29(46)41-25(15-44)31(48)38-23(13-21-14-36-16-37-21)30(47)42-27(19(5)6)34(51)52/h14,16-20,22-27,44H,8-13,15,35H2,1-7H3,(H,36,37)(H,38,48)(H,39,49)(H,40,45)(H,41,46)(H,42,47)(H,51,52)/t20-,22-,23-,24-,25-,26-,27-/m0/s1. The number of hydrogen-bond acceptors (Lipinski definition) is 10. The topological polar surface area (TPSA) is 278 Å². The Hall–Kier alpha value is -4.58. The van der Waals surface area contributed by atoms with Crippen LogP contribution in [0, 0.1) is 17.8 Å². The van der Waals surface area contributed by atoms with Crippen LogP contribution in [-0.4, -0.2) is 122 Å². The molecule has 292 valence electrons. The monoisotopic (exact) mass is 735 g/mol. The van der Waals surface area contributed by atoms with Crippen molar-refractivity contribution in [2.45, 2.75) is 123 Å². The van der Waals surface area contributed by atoms with E-state index in [2.05, 4.69) is 36.6 Å². The van der Waals surface area contributed by atoms with E-state index in [0.29, 0.717) is 25.0 Å². The first-order chi connectivity index (χ1) is 24.4. The van der Waals surface area contributed by atoms with Crippen LogP contribution < -0.4 is 32.3 Å². The number of aliphatic carboxylic acids is 1. The molecule has 52 heavy (non-hydrogen) atoms. The van der Waals surface area contributed by atoms with Crippen LogP contribution in [0.3, 0.4) is 0 Å². The first-order valence-corrected chi connectivity index (χ1v) is 17.7. The number of carboxylic acids is 1. The lowest BCUT2D eigenvalue weighted by molar-refractivity contribution is -0.143. The Kier molecular flexibility index (Phi) is 17.1. The number of nitrogens with one attached hydrogen (secondary N) is 6. The summed E-state index contributed by atoms with van der Waals surface area (Å²) in [5, 5.41) is 32.5. The molecule has 2 heterocycles. The number of carbonyl (C=O) groups excluding carboxylic acids is 6. The SMILES string of the molecule is CC(C)C[C@H](NC(=O)[C@@H]1CCCN1C(=O)[C@H](CC(C)C)NC(=O)[C@H](C)N)C(=O)N[C@@H](CO)C(=O)N[C@@H](Cc1cnc[nH]1)C(=O)N[C@H](C(=O)O)C(C)C. The van der Waals surface area contributed by atoms with Crippen LogP contribution in [-0.2, 0) is 40.0 Å². The average molecular weight is 736 g/mol. The molecule has 0 saturated carbocycles. The Balaban J connectivity index is 2.22. The number of aromatic nitrogens is 2. The number of aliphatic hydroxyl groups excluding tert-OH is 1. The second-order valence-corrected chi connectivity index (χ2v) is 14.5. The van der Waals surface area contributed by atoms with E-state index in [9.17, 15) is 43.8 Å². The third-order valence-corrected chi connectivity index (χ3v) is 8.57. The number of aromatic amines is 1. The van der Waals surface area contributed by atoms with Gasteiger partial charge in [0.15, 0.2) is 0 Å². The Morgan fingerprint density at radius 2 is 1.38 bits per heavy atom. The third-order valence-electron chi connectivity index (χ3n) is 8.57. The van der Waals surface area contributed by atoms with Crippen LogP contribution in [0.15, 0.2) is 12.5 Å². The minimum absolute atomic E-state index is 0.0461. The van der Waals surface area contributed by atoms with Gasteiger partial charge in [-0.1, -0.05) is 41.5 Å². The molecule has 0 radical (unpaired) electrons. The molecule has 1 aliphatic heterocycles. The smallest absolute Gasteiger partial charge is 0.326 e. The third kappa shape index (κ3) is 13.2. The number of likely N-dealkylation sites (tertiary alicyclic amines) is 1. The summed E-state index contributed by atoms with van der Waals surface area (Å²) >= 11 is 0. The number of hydrogen-bond donors (Lipinski definition) is 9. The fourth-order valence-electron chi connectivity index (χ4n) is 5.80. The number of aliphatic hydroxyl groups is 1. The normalized spacial score (nSPS) is 17.8. The van der Waals surface area contributed by atoms with Crippen molar-refractivity contribution in [1.82, 2.24) is 41.5 Å². The van der Waals surface area contributed by atoms with Gasteiger partial charge in [0.1, 0.15) is 36.3 Å². The second kappa shape index (κ2) is 20.5. The summed E-state index contributed by atoms with van der Waals surface area (Å²) in [4.78, 5) is 99.7. The first kappa shape index (κ1) is 43.6. The maximum Gasteiger partial charge on any atom is 0.326 e. The molecule has 1 aromatic rings. The number of nitrogens with zero attached hydrogens (tertiary/aromatic N) is 2. The Bertz CT molecular complexity index is 1380. The molecule has 1 saturated heterocycles. The van der Waals surface area contributed by atoms with E-state index in [1.807, 2.05) is 27.7 Å². The van der Waals surface area contributed by atoms with Crippen molar-refractivity contribution in [3.05, 3.63) is 18.2 Å². The molecule has 6 amide bonds. The van der Waals surface area contributed by atoms with Gasteiger partial charge in [-0.3, -0.25) is 28.8 Å². The molecule has 18 nitrogen and oxygen atoms in total. The zero-order chi connectivity index (χ0) is 39.3. The summed E-state index contributed by atoms with van der Waals surface area (Å²) in [6.07, 6.45) is 4.00. The Morgan fingerprint density at radius 3 is 1.90 bits per heavy atom. The quantitative estimate of drug-likeness (QED) is 0.0746. The molecule has 18 heteroatoms. The van der Waals surface area contributed by atoms with Crippen molar-refractivity contribution in [3.8, 4) is 0 Å². The zero-order valence-corrected chi connectivity index (χ0v) is 31.1. The fourth-order valence-corrected chi connectivity index (χ4v) is 5.80. The van der Waals surface area contributed by atoms with Gasteiger partial charge in [0.2, 0.25) is 35.4 Å². The van der Waals surface area contributed by atoms with Crippen LogP contribution >= 0.6 is 0 Å². The predicted octanol–water partition coefficient (Wildman–Crippen LogP) is -1.46. The fraction of sp³-hybridized carbons (Fsp3) is 0.706. The number of amides is 6. The number of rotatable bonds is 20. The number of carbonyl (C=O) groups is 7. The van der Waals surface area contributed by atoms with Crippen molar-refractivity contribution in [1.29, 1.82) is 0 Å². The van der Waals surface area contributed by atoms with E-state index < -0.39 is 96.2 Å². The number of carboxylic acid groups (broad SMARTS) is 1. The van der Waals surface area contributed by atoms with Crippen molar-refractivity contribution in [2.24, 2.45) is 23.5 Å². The molecule has 10 N–H and O–H groups in total. The van der Waals surface area contributed by atoms with Crippen LogP contribution in [0.2, 0.25) is 0 Å². The van der Waals surface area contributed by atoms with Gasteiger partial charge in [-0.2, -0.15) is 0 Å². The van der Waals surface area contributed by atoms with Crippen molar-refractivity contribution >= 4 is 41.4 Å². The maximum atomic E-state index is 13.7. The van der Waals surface area contributed by atoms with Gasteiger partial charge in [-0.25, -0.2) is 9.78 Å². The first-order valence-electron chi connectivity index (χ1n) is 17.7. The Labute approximate surface area is 304 Å². The van der Waals surface area contributed by atoms with Gasteiger partial charge in [-0.15, -0.1) is 0 Å². The van der Waals surface area contributed by atoms with Crippen molar-refractivity contribution in [3.63, 3.8) is 0 Å². The number of H-pyrrole nitrogens is 1. The molecule has 1 fully saturated rings. The van der Waals surface area contributed by atoms with Gasteiger partial charge >= 0.3 is 5.97 Å². The average Bonchev–Trinajstić information content (AvgIpc) is 3.76. The van der Waals surface area contributed by atoms with Crippen molar-refractivity contribution < 1.29 is 43.8 Å².